The number of H-pyrrole nitrogens is 1. The molecule has 25 heavy (non-hydrogen) atoms. The number of fused-ring (bicyclic) bond motifs is 2. The molecule has 0 radical (unpaired) electrons. The van der Waals surface area contributed by atoms with Gasteiger partial charge in [0, 0.05) is 18.3 Å². The fourth-order valence-electron chi connectivity index (χ4n) is 3.39. The maximum Gasteiger partial charge on any atom is 0.277 e. The third kappa shape index (κ3) is 2.65. The van der Waals surface area contributed by atoms with Gasteiger partial charge in [-0.1, -0.05) is 6.07 Å². The number of aromatic nitrogens is 4. The van der Waals surface area contributed by atoms with Crippen molar-refractivity contribution >= 4 is 22.6 Å². The number of carbonyl (C=O) groups excluding carboxylic acids is 1. The highest BCUT2D eigenvalue weighted by atomic mass is 16.5. The number of hydrogen-bond donors (Lipinski definition) is 2. The first-order valence-corrected chi connectivity index (χ1v) is 8.54. The van der Waals surface area contributed by atoms with Gasteiger partial charge in [0.05, 0.1) is 17.0 Å². The zero-order valence-corrected chi connectivity index (χ0v) is 14.6. The molecule has 7 nitrogen and oxygen atoms in total. The first-order valence-electron chi connectivity index (χ1n) is 8.54. The van der Waals surface area contributed by atoms with Crippen molar-refractivity contribution in [2.24, 2.45) is 7.05 Å². The first-order chi connectivity index (χ1) is 12.0. The van der Waals surface area contributed by atoms with E-state index in [0.29, 0.717) is 17.3 Å². The van der Waals surface area contributed by atoms with E-state index in [1.165, 1.54) is 0 Å². The Kier molecular flexibility index (Phi) is 3.71. The lowest BCUT2D eigenvalue weighted by atomic mass is 10.2. The summed E-state index contributed by atoms with van der Waals surface area (Å²) in [5.41, 5.74) is 3.46. The van der Waals surface area contributed by atoms with E-state index in [0.717, 1.165) is 41.4 Å². The van der Waals surface area contributed by atoms with Gasteiger partial charge in [-0.15, -0.1) is 0 Å². The third-order valence-corrected chi connectivity index (χ3v) is 4.46. The standard InChI is InChI=1S/C18H21N5O2/c1-10(2)25-14-9-5-8-13-15(14)17(22-23(13)3)19-18(24)16-11-6-4-7-12(11)20-21-16/h5,8-10H,4,6-7H2,1-3H3,(H,20,21)(H,19,22,24). The summed E-state index contributed by atoms with van der Waals surface area (Å²) in [7, 11) is 1.85. The van der Waals surface area contributed by atoms with Gasteiger partial charge in [0.15, 0.2) is 11.5 Å². The molecule has 2 N–H and O–H groups in total. The Morgan fingerprint density at radius 3 is 3.00 bits per heavy atom. The molecule has 2 heterocycles. The largest absolute Gasteiger partial charge is 0.490 e. The van der Waals surface area contributed by atoms with Gasteiger partial charge in [0.1, 0.15) is 5.75 Å². The van der Waals surface area contributed by atoms with Gasteiger partial charge in [0.25, 0.3) is 5.91 Å². The van der Waals surface area contributed by atoms with Gasteiger partial charge < -0.3 is 10.1 Å². The highest BCUT2D eigenvalue weighted by molar-refractivity contribution is 6.09. The van der Waals surface area contributed by atoms with Gasteiger partial charge in [0.2, 0.25) is 0 Å². The number of amides is 1. The van der Waals surface area contributed by atoms with E-state index in [2.05, 4.69) is 20.6 Å². The lowest BCUT2D eigenvalue weighted by molar-refractivity contribution is 0.102. The number of nitrogens with one attached hydrogen (secondary N) is 2. The zero-order chi connectivity index (χ0) is 17.6. The molecule has 1 aliphatic rings. The van der Waals surface area contributed by atoms with Crippen LogP contribution in [0.1, 0.15) is 42.0 Å². The molecule has 4 rings (SSSR count). The van der Waals surface area contributed by atoms with E-state index in [9.17, 15) is 4.79 Å². The molecule has 2 aromatic heterocycles. The summed E-state index contributed by atoms with van der Waals surface area (Å²) in [5, 5.41) is 15.4. The highest BCUT2D eigenvalue weighted by Crippen LogP contribution is 2.33. The van der Waals surface area contributed by atoms with Crippen LogP contribution in [0.15, 0.2) is 18.2 Å². The normalized spacial score (nSPS) is 13.4. The van der Waals surface area contributed by atoms with Crippen molar-refractivity contribution in [2.75, 3.05) is 5.32 Å². The fourth-order valence-corrected chi connectivity index (χ4v) is 3.39. The molecular formula is C18H21N5O2. The Morgan fingerprint density at radius 1 is 1.36 bits per heavy atom. The molecule has 3 aromatic rings. The fraction of sp³-hybridized carbons (Fsp3) is 0.389. The van der Waals surface area contributed by atoms with E-state index < -0.39 is 0 Å². The number of benzene rings is 1. The maximum atomic E-state index is 12.7. The number of aryl methyl sites for hydroxylation is 2. The van der Waals surface area contributed by atoms with Crippen LogP contribution < -0.4 is 10.1 Å². The number of rotatable bonds is 4. The number of anilines is 1. The van der Waals surface area contributed by atoms with Crippen LogP contribution in [0.5, 0.6) is 5.75 Å². The monoisotopic (exact) mass is 339 g/mol. The third-order valence-electron chi connectivity index (χ3n) is 4.46. The Balaban J connectivity index is 1.72. The average Bonchev–Trinajstić information content (AvgIpc) is 3.22. The summed E-state index contributed by atoms with van der Waals surface area (Å²) in [6, 6.07) is 5.78. The zero-order valence-electron chi connectivity index (χ0n) is 14.6. The summed E-state index contributed by atoms with van der Waals surface area (Å²) in [6.45, 7) is 3.95. The van der Waals surface area contributed by atoms with E-state index in [-0.39, 0.29) is 12.0 Å². The van der Waals surface area contributed by atoms with Crippen LogP contribution in [0.4, 0.5) is 5.82 Å². The Morgan fingerprint density at radius 2 is 2.20 bits per heavy atom. The van der Waals surface area contributed by atoms with Crippen molar-refractivity contribution < 1.29 is 9.53 Å². The molecular weight excluding hydrogens is 318 g/mol. The summed E-state index contributed by atoms with van der Waals surface area (Å²) >= 11 is 0. The quantitative estimate of drug-likeness (QED) is 0.765. The average molecular weight is 339 g/mol. The molecule has 0 atom stereocenters. The van der Waals surface area contributed by atoms with E-state index in [1.54, 1.807) is 4.68 Å². The summed E-state index contributed by atoms with van der Waals surface area (Å²) in [4.78, 5) is 12.7. The lowest BCUT2D eigenvalue weighted by Gasteiger charge is -2.11. The SMILES string of the molecule is CC(C)Oc1cccc2c1c(NC(=O)c1n[nH]c3c1CCC3)nn2C. The highest BCUT2D eigenvalue weighted by Gasteiger charge is 2.25. The molecule has 0 aliphatic heterocycles. The van der Waals surface area contributed by atoms with Crippen molar-refractivity contribution in [3.05, 3.63) is 35.2 Å². The summed E-state index contributed by atoms with van der Waals surface area (Å²) in [5.74, 6) is 0.968. The predicted molar refractivity (Wildman–Crippen MR) is 95.0 cm³/mol. The van der Waals surface area contributed by atoms with Crippen LogP contribution in [0, 0.1) is 0 Å². The van der Waals surface area contributed by atoms with Crippen molar-refractivity contribution in [1.29, 1.82) is 0 Å². The van der Waals surface area contributed by atoms with E-state index in [1.807, 2.05) is 39.1 Å². The number of carbonyl (C=O) groups is 1. The molecule has 0 spiro atoms. The molecule has 0 saturated heterocycles. The lowest BCUT2D eigenvalue weighted by Crippen LogP contribution is -2.15. The topological polar surface area (TPSA) is 84.8 Å². The molecule has 1 aromatic carbocycles. The first kappa shape index (κ1) is 15.7. The summed E-state index contributed by atoms with van der Waals surface area (Å²) in [6.07, 6.45) is 2.93. The Bertz CT molecular complexity index is 954. The van der Waals surface area contributed by atoms with Crippen LogP contribution in [0.3, 0.4) is 0 Å². The van der Waals surface area contributed by atoms with Crippen LogP contribution in [-0.4, -0.2) is 32.0 Å². The van der Waals surface area contributed by atoms with Crippen LogP contribution in [-0.2, 0) is 19.9 Å². The molecule has 0 unspecified atom stereocenters. The summed E-state index contributed by atoms with van der Waals surface area (Å²) < 4.78 is 7.64. The van der Waals surface area contributed by atoms with Gasteiger partial charge in [-0.3, -0.25) is 14.6 Å². The molecule has 0 bridgehead atoms. The van der Waals surface area contributed by atoms with E-state index >= 15 is 0 Å². The minimum Gasteiger partial charge on any atom is -0.490 e. The van der Waals surface area contributed by atoms with Crippen LogP contribution in [0.25, 0.3) is 10.9 Å². The molecule has 1 amide bonds. The number of nitrogens with zero attached hydrogens (tertiary/aromatic N) is 3. The Hall–Kier alpha value is -2.83. The number of aromatic amines is 1. The van der Waals surface area contributed by atoms with Crippen molar-refractivity contribution in [3.8, 4) is 5.75 Å². The second kappa shape index (κ2) is 5.91. The van der Waals surface area contributed by atoms with Crippen LogP contribution >= 0.6 is 0 Å². The van der Waals surface area contributed by atoms with Crippen molar-refractivity contribution in [2.45, 2.75) is 39.2 Å². The smallest absolute Gasteiger partial charge is 0.277 e. The van der Waals surface area contributed by atoms with E-state index in [4.69, 9.17) is 4.74 Å². The molecule has 0 saturated carbocycles. The van der Waals surface area contributed by atoms with Gasteiger partial charge in [-0.05, 0) is 45.2 Å². The number of hydrogen-bond acceptors (Lipinski definition) is 4. The predicted octanol–water partition coefficient (Wildman–Crippen LogP) is 2.82. The van der Waals surface area contributed by atoms with Gasteiger partial charge in [-0.2, -0.15) is 10.2 Å². The van der Waals surface area contributed by atoms with Crippen LogP contribution in [0.2, 0.25) is 0 Å². The molecule has 7 heteroatoms. The second-order valence-corrected chi connectivity index (χ2v) is 6.63. The van der Waals surface area contributed by atoms with Gasteiger partial charge >= 0.3 is 0 Å². The maximum absolute atomic E-state index is 12.7. The minimum absolute atomic E-state index is 0.0315. The Labute approximate surface area is 145 Å². The molecule has 130 valence electrons. The van der Waals surface area contributed by atoms with Gasteiger partial charge in [-0.25, -0.2) is 0 Å². The number of ether oxygens (including phenoxy) is 1. The molecule has 1 aliphatic carbocycles. The minimum atomic E-state index is -0.237. The second-order valence-electron chi connectivity index (χ2n) is 6.63. The van der Waals surface area contributed by atoms with Crippen molar-refractivity contribution in [1.82, 2.24) is 20.0 Å². The van der Waals surface area contributed by atoms with Crippen molar-refractivity contribution in [3.63, 3.8) is 0 Å². The molecule has 0 fully saturated rings.